The molecule has 1 atom stereocenters. The van der Waals surface area contributed by atoms with E-state index in [9.17, 15) is 5.26 Å². The fourth-order valence-electron chi connectivity index (χ4n) is 4.29. The number of fused-ring (bicyclic) bond motifs is 1. The van der Waals surface area contributed by atoms with Crippen molar-refractivity contribution in [1.29, 1.82) is 10.7 Å². The van der Waals surface area contributed by atoms with Crippen LogP contribution in [-0.2, 0) is 12.8 Å². The lowest BCUT2D eigenvalue weighted by atomic mass is 10.0. The molecular formula is C29H40N6O2S. The molecule has 5 rings (SSSR count). The highest BCUT2D eigenvalue weighted by Crippen LogP contribution is 2.37. The van der Waals surface area contributed by atoms with Crippen LogP contribution in [-0.4, -0.2) is 73.4 Å². The fraction of sp³-hybridized carbons (Fsp3) is 0.448. The predicted molar refractivity (Wildman–Crippen MR) is 156 cm³/mol. The van der Waals surface area contributed by atoms with Gasteiger partial charge in [-0.15, -0.1) is 10.2 Å². The van der Waals surface area contributed by atoms with Crippen molar-refractivity contribution in [1.82, 2.24) is 20.4 Å². The Morgan fingerprint density at radius 2 is 1.89 bits per heavy atom. The number of nitriles is 1. The third kappa shape index (κ3) is 8.71. The van der Waals surface area contributed by atoms with Crippen molar-refractivity contribution < 1.29 is 9.84 Å². The van der Waals surface area contributed by atoms with Gasteiger partial charge in [-0.2, -0.15) is 5.26 Å². The molecule has 3 aromatic rings. The molecular weight excluding hydrogens is 496 g/mol. The number of aliphatic hydroxyl groups excluding tert-OH is 1. The summed E-state index contributed by atoms with van der Waals surface area (Å²) >= 11 is 1.57. The molecule has 0 amide bonds. The minimum atomic E-state index is -0.0509. The highest BCUT2D eigenvalue weighted by molar-refractivity contribution is 7.17. The molecule has 1 fully saturated rings. The van der Waals surface area contributed by atoms with Gasteiger partial charge in [0.2, 0.25) is 0 Å². The van der Waals surface area contributed by atoms with Gasteiger partial charge in [-0.25, -0.2) is 0 Å². The van der Waals surface area contributed by atoms with Gasteiger partial charge in [0.15, 0.2) is 0 Å². The molecule has 0 radical (unpaired) electrons. The van der Waals surface area contributed by atoms with Crippen LogP contribution in [0, 0.1) is 16.7 Å². The van der Waals surface area contributed by atoms with Crippen LogP contribution in [0.2, 0.25) is 0 Å². The van der Waals surface area contributed by atoms with Crippen LogP contribution in [0.25, 0.3) is 21.1 Å². The monoisotopic (exact) mass is 536 g/mol. The molecule has 1 aliphatic heterocycles. The third-order valence-corrected chi connectivity index (χ3v) is 6.88. The Labute approximate surface area is 230 Å². The summed E-state index contributed by atoms with van der Waals surface area (Å²) < 4.78 is 5.70. The Bertz CT molecular complexity index is 1180. The molecule has 0 spiro atoms. The maximum absolute atomic E-state index is 9.43. The second kappa shape index (κ2) is 15.9. The number of aryl methyl sites for hydroxylation is 1. The molecule has 3 N–H and O–H groups in total. The number of likely N-dealkylation sites (tertiary alicyclic amines) is 1. The zero-order valence-electron chi connectivity index (χ0n) is 23.1. The van der Waals surface area contributed by atoms with Gasteiger partial charge in [-0.3, -0.25) is 0 Å². The Morgan fingerprint density at radius 3 is 2.47 bits per heavy atom. The number of hydrogen-bond donors (Lipinski definition) is 3. The van der Waals surface area contributed by atoms with Crippen molar-refractivity contribution in [2.75, 3.05) is 34.2 Å². The highest BCUT2D eigenvalue weighted by atomic mass is 32.1. The van der Waals surface area contributed by atoms with Crippen LogP contribution in [0.1, 0.15) is 43.4 Å². The van der Waals surface area contributed by atoms with E-state index in [1.165, 1.54) is 23.1 Å². The van der Waals surface area contributed by atoms with Crippen molar-refractivity contribution in [3.05, 3.63) is 53.1 Å². The van der Waals surface area contributed by atoms with Gasteiger partial charge in [0.05, 0.1) is 17.8 Å². The Hall–Kier alpha value is -3.16. The van der Waals surface area contributed by atoms with E-state index < -0.39 is 0 Å². The number of hydrogen-bond acceptors (Lipinski definition) is 9. The SMILES string of the molecule is C=N.CC(C)Oc1ccc(-c2nnc(-c3cccc4c3CCC4)s2)cc1C#N.CN1CCC(O)C1.CNC. The number of nitrogens with zero attached hydrogens (tertiary/aromatic N) is 4. The van der Waals surface area contributed by atoms with Gasteiger partial charge in [-0.05, 0) is 96.7 Å². The first-order chi connectivity index (χ1) is 18.4. The summed E-state index contributed by atoms with van der Waals surface area (Å²) in [6.45, 7) is 8.32. The van der Waals surface area contributed by atoms with Crippen molar-refractivity contribution in [2.45, 2.75) is 51.7 Å². The molecule has 1 saturated heterocycles. The van der Waals surface area contributed by atoms with E-state index in [2.05, 4.69) is 51.4 Å². The normalized spacial score (nSPS) is 15.7. The van der Waals surface area contributed by atoms with E-state index in [1.54, 1.807) is 11.3 Å². The van der Waals surface area contributed by atoms with Gasteiger partial charge in [0.25, 0.3) is 0 Å². The van der Waals surface area contributed by atoms with E-state index in [0.717, 1.165) is 47.9 Å². The van der Waals surface area contributed by atoms with Gasteiger partial charge in [0.1, 0.15) is 21.8 Å². The summed E-state index contributed by atoms with van der Waals surface area (Å²) in [4.78, 5) is 2.13. The standard InChI is InChI=1S/C21H19N3OS.C5H11NO.C2H7N.CH3N/c1-13(2)25-19-10-9-15(11-16(19)12-22)20-23-24-21(26-20)18-8-4-6-14-5-3-7-17(14)18;1-6-3-2-5(7)4-6;1-3-2;1-2/h4,6,8-11,13H,3,5,7H2,1-2H3;5,7H,2-4H2,1H3;3H,1-2H3;2H,1H2. The average Bonchev–Trinajstić information content (AvgIpc) is 3.67. The Morgan fingerprint density at radius 1 is 1.18 bits per heavy atom. The fourth-order valence-corrected chi connectivity index (χ4v) is 5.18. The van der Waals surface area contributed by atoms with Gasteiger partial charge >= 0.3 is 0 Å². The lowest BCUT2D eigenvalue weighted by Crippen LogP contribution is -2.15. The van der Waals surface area contributed by atoms with Gasteiger partial charge in [-0.1, -0.05) is 29.5 Å². The summed E-state index contributed by atoms with van der Waals surface area (Å²) in [5.74, 6) is 0.608. The molecule has 9 heteroatoms. The quantitative estimate of drug-likeness (QED) is 0.410. The zero-order valence-corrected chi connectivity index (χ0v) is 23.9. The van der Waals surface area contributed by atoms with Crippen LogP contribution in [0.15, 0.2) is 36.4 Å². The summed E-state index contributed by atoms with van der Waals surface area (Å²) in [6.07, 6.45) is 4.40. The van der Waals surface area contributed by atoms with Crippen LogP contribution in [0.4, 0.5) is 0 Å². The van der Waals surface area contributed by atoms with Crippen molar-refractivity contribution in [3.8, 4) is 33.0 Å². The zero-order chi connectivity index (χ0) is 28.1. The van der Waals surface area contributed by atoms with E-state index in [1.807, 2.05) is 53.2 Å². The van der Waals surface area contributed by atoms with E-state index >= 15 is 0 Å². The molecule has 2 heterocycles. The number of rotatable bonds is 4. The maximum atomic E-state index is 9.43. The molecule has 1 aliphatic carbocycles. The van der Waals surface area contributed by atoms with Gasteiger partial charge in [0, 0.05) is 24.2 Å². The molecule has 38 heavy (non-hydrogen) atoms. The molecule has 204 valence electrons. The van der Waals surface area contributed by atoms with Crippen LogP contribution >= 0.6 is 11.3 Å². The highest BCUT2D eigenvalue weighted by Gasteiger charge is 2.19. The molecule has 0 bridgehead atoms. The van der Waals surface area contributed by atoms with E-state index in [0.29, 0.717) is 11.3 Å². The average molecular weight is 537 g/mol. The second-order valence-corrected chi connectivity index (χ2v) is 10.4. The predicted octanol–water partition coefficient (Wildman–Crippen LogP) is 4.80. The molecule has 1 unspecified atom stereocenters. The molecule has 8 nitrogen and oxygen atoms in total. The molecule has 2 aromatic carbocycles. The summed E-state index contributed by atoms with van der Waals surface area (Å²) in [5.41, 5.74) is 5.46. The van der Waals surface area contributed by atoms with Crippen LogP contribution < -0.4 is 10.1 Å². The summed E-state index contributed by atoms with van der Waals surface area (Å²) in [5, 5.41) is 37.1. The Balaban J connectivity index is 0.000000355. The van der Waals surface area contributed by atoms with Gasteiger partial charge < -0.3 is 25.5 Å². The molecule has 2 aliphatic rings. The first-order valence-electron chi connectivity index (χ1n) is 12.8. The number of likely N-dealkylation sites (N-methyl/N-ethyl adjacent to an activating group) is 1. The van der Waals surface area contributed by atoms with Crippen molar-refractivity contribution in [3.63, 3.8) is 0 Å². The van der Waals surface area contributed by atoms with E-state index in [-0.39, 0.29) is 12.2 Å². The minimum absolute atomic E-state index is 0.0289. The number of nitrogens with one attached hydrogen (secondary N) is 2. The molecule has 0 saturated carbocycles. The minimum Gasteiger partial charge on any atom is -0.490 e. The van der Waals surface area contributed by atoms with Crippen LogP contribution in [0.3, 0.4) is 0 Å². The number of aromatic nitrogens is 2. The van der Waals surface area contributed by atoms with Crippen LogP contribution in [0.5, 0.6) is 5.75 Å². The van der Waals surface area contributed by atoms with E-state index in [4.69, 9.17) is 15.3 Å². The lowest BCUT2D eigenvalue weighted by Gasteiger charge is -2.11. The van der Waals surface area contributed by atoms with Crippen molar-refractivity contribution in [2.24, 2.45) is 0 Å². The maximum Gasteiger partial charge on any atom is 0.148 e. The first-order valence-corrected chi connectivity index (χ1v) is 13.6. The third-order valence-electron chi connectivity index (χ3n) is 5.88. The number of β-amino-alcohol motifs (C(OH)–C–C–N with tert-alkyl or cyclic N) is 1. The summed E-state index contributed by atoms with van der Waals surface area (Å²) in [7, 11) is 5.77. The summed E-state index contributed by atoms with van der Waals surface area (Å²) in [6, 6.07) is 14.3. The lowest BCUT2D eigenvalue weighted by molar-refractivity contribution is 0.183. The smallest absolute Gasteiger partial charge is 0.148 e. The number of ether oxygens (including phenoxy) is 1. The largest absolute Gasteiger partial charge is 0.490 e. The molecule has 1 aromatic heterocycles. The topological polar surface area (TPSA) is 118 Å². The van der Waals surface area contributed by atoms with Crippen molar-refractivity contribution >= 4 is 18.1 Å². The second-order valence-electron chi connectivity index (χ2n) is 9.40. The Kier molecular flexibility index (Phi) is 13.0. The number of benzene rings is 2. The number of aliphatic hydroxyl groups is 1. The first kappa shape index (κ1) is 31.1.